The molecule has 0 bridgehead atoms. The van der Waals surface area contributed by atoms with E-state index in [4.69, 9.17) is 4.74 Å². The van der Waals surface area contributed by atoms with Gasteiger partial charge >= 0.3 is 5.97 Å². The molecule has 0 aliphatic carbocycles. The van der Waals surface area contributed by atoms with Crippen molar-refractivity contribution in [3.05, 3.63) is 101 Å². The fourth-order valence-electron chi connectivity index (χ4n) is 3.83. The standard InChI is InChI=1S/C28H24N4O3S2/c1-18-26(19(2)32(31-18)22-8-4-3-5-9-22)30-25(33)16-35-27(34)21-14-12-20(13-15-21)17-36-28-29-23-10-6-7-11-24(23)37-28/h3-15H,16-17H2,1-2H3,(H,30,33). The maximum Gasteiger partial charge on any atom is 0.338 e. The number of esters is 1. The molecule has 3 aromatic carbocycles. The molecule has 186 valence electrons. The molecule has 0 aliphatic rings. The molecule has 0 atom stereocenters. The normalized spacial score (nSPS) is 11.0. The second kappa shape index (κ2) is 11.0. The fourth-order valence-corrected chi connectivity index (χ4v) is 5.85. The average molecular weight is 529 g/mol. The summed E-state index contributed by atoms with van der Waals surface area (Å²) in [5.41, 5.74) is 5.46. The number of amides is 1. The van der Waals surface area contributed by atoms with Crippen LogP contribution >= 0.6 is 23.1 Å². The number of benzene rings is 3. The van der Waals surface area contributed by atoms with Gasteiger partial charge in [-0.1, -0.05) is 54.2 Å². The first-order valence-corrected chi connectivity index (χ1v) is 13.4. The molecule has 0 spiro atoms. The van der Waals surface area contributed by atoms with Gasteiger partial charge in [0.25, 0.3) is 5.91 Å². The molecule has 5 aromatic rings. The number of ether oxygens (including phenoxy) is 1. The Labute approximate surface area is 222 Å². The number of hydrogen-bond acceptors (Lipinski definition) is 7. The quantitative estimate of drug-likeness (QED) is 0.191. The van der Waals surface area contributed by atoms with Crippen LogP contribution in [-0.2, 0) is 15.3 Å². The van der Waals surface area contributed by atoms with Crippen molar-refractivity contribution in [2.75, 3.05) is 11.9 Å². The minimum Gasteiger partial charge on any atom is -0.452 e. The van der Waals surface area contributed by atoms with Gasteiger partial charge in [0.15, 0.2) is 10.9 Å². The zero-order valence-electron chi connectivity index (χ0n) is 20.3. The zero-order valence-corrected chi connectivity index (χ0v) is 21.9. The lowest BCUT2D eigenvalue weighted by Gasteiger charge is -2.08. The largest absolute Gasteiger partial charge is 0.452 e. The highest BCUT2D eigenvalue weighted by Gasteiger charge is 2.17. The fraction of sp³-hybridized carbons (Fsp3) is 0.143. The van der Waals surface area contributed by atoms with E-state index < -0.39 is 11.9 Å². The van der Waals surface area contributed by atoms with E-state index >= 15 is 0 Å². The highest BCUT2D eigenvalue weighted by atomic mass is 32.2. The minimum absolute atomic E-state index is 0.385. The number of thiazole rings is 1. The number of fused-ring (bicyclic) bond motifs is 1. The van der Waals surface area contributed by atoms with Gasteiger partial charge in [0.05, 0.1) is 38.5 Å². The topological polar surface area (TPSA) is 86.1 Å². The molecular weight excluding hydrogens is 504 g/mol. The van der Waals surface area contributed by atoms with Gasteiger partial charge in [0.2, 0.25) is 0 Å². The Kier molecular flexibility index (Phi) is 7.34. The first-order valence-electron chi connectivity index (χ1n) is 11.6. The van der Waals surface area contributed by atoms with Crippen LogP contribution in [-0.4, -0.2) is 33.2 Å². The number of thioether (sulfide) groups is 1. The maximum absolute atomic E-state index is 12.5. The first kappa shape index (κ1) is 24.7. The SMILES string of the molecule is Cc1nn(-c2ccccc2)c(C)c1NC(=O)COC(=O)c1ccc(CSc2nc3ccccc3s2)cc1. The molecule has 0 saturated carbocycles. The molecule has 0 saturated heterocycles. The van der Waals surface area contributed by atoms with Gasteiger partial charge in [0, 0.05) is 5.75 Å². The molecule has 37 heavy (non-hydrogen) atoms. The van der Waals surface area contributed by atoms with Crippen LogP contribution in [0.1, 0.15) is 27.3 Å². The minimum atomic E-state index is -0.547. The number of carbonyl (C=O) groups excluding carboxylic acids is 2. The third kappa shape index (κ3) is 5.73. The first-order chi connectivity index (χ1) is 18.0. The van der Waals surface area contributed by atoms with Gasteiger partial charge in [-0.05, 0) is 55.8 Å². The lowest BCUT2D eigenvalue weighted by atomic mass is 10.1. The van der Waals surface area contributed by atoms with Crippen molar-refractivity contribution in [2.24, 2.45) is 0 Å². The number of aryl methyl sites for hydroxylation is 1. The van der Waals surface area contributed by atoms with Crippen LogP contribution in [0.25, 0.3) is 15.9 Å². The molecule has 1 amide bonds. The Hall–Kier alpha value is -3.95. The molecule has 9 heteroatoms. The van der Waals surface area contributed by atoms with Crippen LogP contribution in [0.2, 0.25) is 0 Å². The molecule has 0 radical (unpaired) electrons. The van der Waals surface area contributed by atoms with Crippen molar-refractivity contribution in [1.29, 1.82) is 0 Å². The van der Waals surface area contributed by atoms with Crippen molar-refractivity contribution < 1.29 is 14.3 Å². The molecule has 0 aliphatic heterocycles. The molecule has 5 rings (SSSR count). The molecular formula is C28H24N4O3S2. The summed E-state index contributed by atoms with van der Waals surface area (Å²) in [6, 6.07) is 25.0. The van der Waals surface area contributed by atoms with Gasteiger partial charge in [-0.25, -0.2) is 14.5 Å². The van der Waals surface area contributed by atoms with Crippen molar-refractivity contribution in [1.82, 2.24) is 14.8 Å². The summed E-state index contributed by atoms with van der Waals surface area (Å²) in [6.45, 7) is 3.32. The summed E-state index contributed by atoms with van der Waals surface area (Å²) in [4.78, 5) is 29.6. The summed E-state index contributed by atoms with van der Waals surface area (Å²) < 4.78 is 9.19. The number of nitrogens with zero attached hydrogens (tertiary/aromatic N) is 3. The van der Waals surface area contributed by atoms with Gasteiger partial charge in [-0.15, -0.1) is 11.3 Å². The van der Waals surface area contributed by atoms with E-state index in [9.17, 15) is 9.59 Å². The van der Waals surface area contributed by atoms with Crippen molar-refractivity contribution in [2.45, 2.75) is 23.9 Å². The molecule has 1 N–H and O–H groups in total. The van der Waals surface area contributed by atoms with Gasteiger partial charge in [0.1, 0.15) is 0 Å². The lowest BCUT2D eigenvalue weighted by molar-refractivity contribution is -0.119. The van der Waals surface area contributed by atoms with Crippen LogP contribution in [0.3, 0.4) is 0 Å². The van der Waals surface area contributed by atoms with Crippen LogP contribution < -0.4 is 5.32 Å². The Bertz CT molecular complexity index is 1530. The van der Waals surface area contributed by atoms with E-state index in [1.54, 1.807) is 39.9 Å². The summed E-state index contributed by atoms with van der Waals surface area (Å²) in [7, 11) is 0. The third-order valence-corrected chi connectivity index (χ3v) is 7.97. The van der Waals surface area contributed by atoms with Crippen molar-refractivity contribution >= 4 is 50.9 Å². The third-order valence-electron chi connectivity index (χ3n) is 5.72. The number of nitrogens with one attached hydrogen (secondary N) is 1. The monoisotopic (exact) mass is 528 g/mol. The van der Waals surface area contributed by atoms with E-state index in [0.29, 0.717) is 16.9 Å². The Morgan fingerprint density at radius 1 is 0.973 bits per heavy atom. The van der Waals surface area contributed by atoms with Crippen molar-refractivity contribution in [3.63, 3.8) is 0 Å². The number of anilines is 1. The summed E-state index contributed by atoms with van der Waals surface area (Å²) in [5.74, 6) is -0.225. The Morgan fingerprint density at radius 2 is 1.70 bits per heavy atom. The maximum atomic E-state index is 12.5. The van der Waals surface area contributed by atoms with Crippen molar-refractivity contribution in [3.8, 4) is 5.69 Å². The van der Waals surface area contributed by atoms with Crippen LogP contribution in [0, 0.1) is 13.8 Å². The lowest BCUT2D eigenvalue weighted by Crippen LogP contribution is -2.21. The van der Waals surface area contributed by atoms with E-state index in [0.717, 1.165) is 32.6 Å². The van der Waals surface area contributed by atoms with Crippen LogP contribution in [0.15, 0.2) is 83.2 Å². The zero-order chi connectivity index (χ0) is 25.8. The number of carbonyl (C=O) groups is 2. The smallest absolute Gasteiger partial charge is 0.338 e. The second-order valence-electron chi connectivity index (χ2n) is 8.35. The highest BCUT2D eigenvalue weighted by molar-refractivity contribution is 8.00. The number of hydrogen-bond donors (Lipinski definition) is 1. The number of aromatic nitrogens is 3. The van der Waals surface area contributed by atoms with Crippen LogP contribution in [0.4, 0.5) is 5.69 Å². The highest BCUT2D eigenvalue weighted by Crippen LogP contribution is 2.31. The van der Waals surface area contributed by atoms with E-state index in [1.807, 2.05) is 74.5 Å². The Balaban J connectivity index is 1.14. The predicted molar refractivity (Wildman–Crippen MR) is 148 cm³/mol. The van der Waals surface area contributed by atoms with Gasteiger partial charge in [-0.3, -0.25) is 4.79 Å². The molecule has 7 nitrogen and oxygen atoms in total. The average Bonchev–Trinajstić information content (AvgIpc) is 3.47. The number of rotatable bonds is 8. The summed E-state index contributed by atoms with van der Waals surface area (Å²) in [6.07, 6.45) is 0. The molecule has 0 fully saturated rings. The predicted octanol–water partition coefficient (Wildman–Crippen LogP) is 6.19. The van der Waals surface area contributed by atoms with E-state index in [1.165, 1.54) is 4.70 Å². The van der Waals surface area contributed by atoms with Crippen LogP contribution in [0.5, 0.6) is 0 Å². The van der Waals surface area contributed by atoms with E-state index in [-0.39, 0.29) is 6.61 Å². The van der Waals surface area contributed by atoms with E-state index in [2.05, 4.69) is 21.5 Å². The molecule has 0 unspecified atom stereocenters. The van der Waals surface area contributed by atoms with Gasteiger partial charge < -0.3 is 10.1 Å². The van der Waals surface area contributed by atoms with Gasteiger partial charge in [-0.2, -0.15) is 5.10 Å². The summed E-state index contributed by atoms with van der Waals surface area (Å²) >= 11 is 3.33. The summed E-state index contributed by atoms with van der Waals surface area (Å²) in [5, 5.41) is 7.34. The Morgan fingerprint density at radius 3 is 2.46 bits per heavy atom. The molecule has 2 heterocycles. The molecule has 2 aromatic heterocycles. The second-order valence-corrected chi connectivity index (χ2v) is 10.6. The number of para-hydroxylation sites is 2.